The lowest BCUT2D eigenvalue weighted by atomic mass is 10.1. The van der Waals surface area contributed by atoms with Crippen LogP contribution < -0.4 is 0 Å². The highest BCUT2D eigenvalue weighted by Crippen LogP contribution is 2.36. The van der Waals surface area contributed by atoms with Gasteiger partial charge in [0.1, 0.15) is 5.69 Å². The quantitative estimate of drug-likeness (QED) is 0.834. The van der Waals surface area contributed by atoms with Gasteiger partial charge in [0, 0.05) is 25.1 Å². The van der Waals surface area contributed by atoms with Gasteiger partial charge in [-0.15, -0.1) is 11.3 Å². The molecule has 4 rings (SSSR count). The van der Waals surface area contributed by atoms with Crippen molar-refractivity contribution in [2.75, 3.05) is 26.4 Å². The van der Waals surface area contributed by atoms with Crippen molar-refractivity contribution in [3.05, 3.63) is 16.6 Å². The molecule has 1 amide bonds. The maximum atomic E-state index is 12.6. The van der Waals surface area contributed by atoms with Gasteiger partial charge in [0.05, 0.1) is 24.3 Å². The van der Waals surface area contributed by atoms with Crippen LogP contribution in [0.15, 0.2) is 10.9 Å². The number of thiazole rings is 1. The van der Waals surface area contributed by atoms with Crippen molar-refractivity contribution in [3.8, 4) is 0 Å². The number of carbonyl (C=O) groups is 1. The monoisotopic (exact) mass is 322 g/mol. The van der Waals surface area contributed by atoms with Gasteiger partial charge in [0.25, 0.3) is 5.91 Å². The van der Waals surface area contributed by atoms with Crippen LogP contribution in [0, 0.1) is 11.8 Å². The van der Waals surface area contributed by atoms with Crippen LogP contribution in [0.5, 0.6) is 0 Å². The molecule has 0 N–H and O–H groups in total. The molecule has 3 aliphatic rings. The van der Waals surface area contributed by atoms with Crippen LogP contribution in [0.3, 0.4) is 0 Å². The minimum absolute atomic E-state index is 0.0547. The Balaban J connectivity index is 1.36. The lowest BCUT2D eigenvalue weighted by molar-refractivity contribution is -0.0451. The standard InChI is InChI=1S/C16H22N2O3S/c19-16(13-9-22-10-17-13)18-3-4-21-15-6-12(5-14(15)18)8-20-7-11-1-2-11/h9-12,14-15H,1-8H2/t12-,14+,15-/m1/s1. The Morgan fingerprint density at radius 2 is 2.23 bits per heavy atom. The molecule has 6 heteroatoms. The molecule has 2 aliphatic carbocycles. The fourth-order valence-corrected chi connectivity index (χ4v) is 4.12. The van der Waals surface area contributed by atoms with E-state index in [2.05, 4.69) is 4.98 Å². The molecule has 0 unspecified atom stereocenters. The number of nitrogens with zero attached hydrogens (tertiary/aromatic N) is 2. The summed E-state index contributed by atoms with van der Waals surface area (Å²) in [6, 6.07) is 0.192. The van der Waals surface area contributed by atoms with Crippen molar-refractivity contribution in [1.82, 2.24) is 9.88 Å². The van der Waals surface area contributed by atoms with Gasteiger partial charge in [-0.2, -0.15) is 0 Å². The van der Waals surface area contributed by atoms with Crippen molar-refractivity contribution < 1.29 is 14.3 Å². The summed E-state index contributed by atoms with van der Waals surface area (Å²) in [4.78, 5) is 18.7. The van der Waals surface area contributed by atoms with Crippen LogP contribution in [-0.4, -0.2) is 54.3 Å². The summed E-state index contributed by atoms with van der Waals surface area (Å²) < 4.78 is 11.7. The average molecular weight is 322 g/mol. The molecule has 1 aromatic heterocycles. The van der Waals surface area contributed by atoms with Crippen molar-refractivity contribution in [1.29, 1.82) is 0 Å². The number of fused-ring (bicyclic) bond motifs is 1. The number of morpholine rings is 1. The molecule has 3 fully saturated rings. The van der Waals surface area contributed by atoms with Gasteiger partial charge >= 0.3 is 0 Å². The first-order valence-corrected chi connectivity index (χ1v) is 9.14. The third-order valence-corrected chi connectivity index (χ3v) is 5.54. The van der Waals surface area contributed by atoms with Crippen molar-refractivity contribution in [2.45, 2.75) is 37.8 Å². The average Bonchev–Trinajstić information content (AvgIpc) is 3.04. The van der Waals surface area contributed by atoms with E-state index in [1.54, 1.807) is 5.51 Å². The van der Waals surface area contributed by atoms with Gasteiger partial charge in [-0.05, 0) is 37.5 Å². The summed E-state index contributed by atoms with van der Waals surface area (Å²) in [5, 5.41) is 1.83. The molecule has 1 aromatic rings. The zero-order valence-electron chi connectivity index (χ0n) is 12.6. The van der Waals surface area contributed by atoms with Crippen LogP contribution in [0.1, 0.15) is 36.2 Å². The highest BCUT2D eigenvalue weighted by atomic mass is 32.1. The van der Waals surface area contributed by atoms with Crippen LogP contribution in [-0.2, 0) is 9.47 Å². The predicted octanol–water partition coefficient (Wildman–Crippen LogP) is 2.19. The third-order valence-electron chi connectivity index (χ3n) is 4.95. The van der Waals surface area contributed by atoms with Crippen LogP contribution in [0.4, 0.5) is 0 Å². The summed E-state index contributed by atoms with van der Waals surface area (Å²) in [5.41, 5.74) is 2.29. The van der Waals surface area contributed by atoms with Gasteiger partial charge in [-0.1, -0.05) is 0 Å². The number of carbonyl (C=O) groups excluding carboxylic acids is 1. The lowest BCUT2D eigenvalue weighted by Crippen LogP contribution is -2.51. The molecule has 5 nitrogen and oxygen atoms in total. The molecule has 2 saturated carbocycles. The van der Waals surface area contributed by atoms with E-state index in [0.717, 1.165) is 32.0 Å². The minimum atomic E-state index is 0.0547. The molecular weight excluding hydrogens is 300 g/mol. The Hall–Kier alpha value is -0.980. The second-order valence-electron chi connectivity index (χ2n) is 6.67. The summed E-state index contributed by atoms with van der Waals surface area (Å²) in [6.45, 7) is 3.03. The topological polar surface area (TPSA) is 51.7 Å². The Morgan fingerprint density at radius 3 is 3.00 bits per heavy atom. The second-order valence-corrected chi connectivity index (χ2v) is 7.39. The third kappa shape index (κ3) is 3.05. The van der Waals surface area contributed by atoms with Gasteiger partial charge in [-0.25, -0.2) is 4.98 Å². The zero-order chi connectivity index (χ0) is 14.9. The first-order chi connectivity index (χ1) is 10.8. The SMILES string of the molecule is O=C(c1cscn1)N1CCO[C@@H]2C[C@H](COCC3CC3)C[C@@H]21. The lowest BCUT2D eigenvalue weighted by Gasteiger charge is -2.37. The van der Waals surface area contributed by atoms with E-state index in [-0.39, 0.29) is 18.1 Å². The van der Waals surface area contributed by atoms with Crippen molar-refractivity contribution in [2.24, 2.45) is 11.8 Å². The number of aromatic nitrogens is 1. The van der Waals surface area contributed by atoms with Crippen LogP contribution in [0.2, 0.25) is 0 Å². The van der Waals surface area contributed by atoms with Crippen LogP contribution in [0.25, 0.3) is 0 Å². The van der Waals surface area contributed by atoms with E-state index in [1.807, 2.05) is 10.3 Å². The highest BCUT2D eigenvalue weighted by Gasteiger charge is 2.43. The summed E-state index contributed by atoms with van der Waals surface area (Å²) >= 11 is 1.47. The van der Waals surface area contributed by atoms with Crippen molar-refractivity contribution in [3.63, 3.8) is 0 Å². The number of rotatable bonds is 5. The number of hydrogen-bond acceptors (Lipinski definition) is 5. The summed E-state index contributed by atoms with van der Waals surface area (Å²) in [6.07, 6.45) is 4.83. The van der Waals surface area contributed by atoms with Gasteiger partial charge in [0.15, 0.2) is 0 Å². The van der Waals surface area contributed by atoms with E-state index in [4.69, 9.17) is 9.47 Å². The van der Waals surface area contributed by atoms with Gasteiger partial charge in [-0.3, -0.25) is 4.79 Å². The molecule has 3 atom stereocenters. The van der Waals surface area contributed by atoms with E-state index < -0.39 is 0 Å². The molecule has 0 spiro atoms. The normalized spacial score (nSPS) is 31.3. The maximum Gasteiger partial charge on any atom is 0.273 e. The van der Waals surface area contributed by atoms with E-state index >= 15 is 0 Å². The number of amides is 1. The second kappa shape index (κ2) is 6.26. The maximum absolute atomic E-state index is 12.6. The molecule has 22 heavy (non-hydrogen) atoms. The van der Waals surface area contributed by atoms with Gasteiger partial charge in [0.2, 0.25) is 0 Å². The van der Waals surface area contributed by atoms with Crippen molar-refractivity contribution >= 4 is 17.2 Å². The van der Waals surface area contributed by atoms with E-state index in [0.29, 0.717) is 24.8 Å². The summed E-state index contributed by atoms with van der Waals surface area (Å²) in [5.74, 6) is 1.37. The molecule has 0 radical (unpaired) electrons. The zero-order valence-corrected chi connectivity index (χ0v) is 13.5. The molecule has 0 aromatic carbocycles. The number of ether oxygens (including phenoxy) is 2. The summed E-state index contributed by atoms with van der Waals surface area (Å²) in [7, 11) is 0. The first kappa shape index (κ1) is 14.6. The Morgan fingerprint density at radius 1 is 1.36 bits per heavy atom. The van der Waals surface area contributed by atoms with Gasteiger partial charge < -0.3 is 14.4 Å². The highest BCUT2D eigenvalue weighted by molar-refractivity contribution is 7.07. The van der Waals surface area contributed by atoms with Crippen LogP contribution >= 0.6 is 11.3 Å². The molecule has 2 heterocycles. The smallest absolute Gasteiger partial charge is 0.273 e. The fourth-order valence-electron chi connectivity index (χ4n) is 3.59. The molecule has 1 aliphatic heterocycles. The molecule has 120 valence electrons. The first-order valence-electron chi connectivity index (χ1n) is 8.20. The van der Waals surface area contributed by atoms with E-state index in [9.17, 15) is 4.79 Å². The minimum Gasteiger partial charge on any atom is -0.381 e. The molecule has 0 bridgehead atoms. The van der Waals surface area contributed by atoms with E-state index in [1.165, 1.54) is 24.2 Å². The molecular formula is C16H22N2O3S. The number of hydrogen-bond donors (Lipinski definition) is 0. The molecule has 1 saturated heterocycles. The Labute approximate surface area is 134 Å². The Kier molecular flexibility index (Phi) is 4.15. The fraction of sp³-hybridized carbons (Fsp3) is 0.750. The largest absolute Gasteiger partial charge is 0.381 e. The Bertz CT molecular complexity index is 517. The predicted molar refractivity (Wildman–Crippen MR) is 82.9 cm³/mol.